The van der Waals surface area contributed by atoms with E-state index in [0.29, 0.717) is 12.6 Å². The minimum absolute atomic E-state index is 0.0507. The van der Waals surface area contributed by atoms with Crippen LogP contribution in [0.2, 0.25) is 0 Å². The first kappa shape index (κ1) is 20.8. The monoisotopic (exact) mass is 395 g/mol. The van der Waals surface area contributed by atoms with Crippen molar-refractivity contribution in [2.24, 2.45) is 5.92 Å². The maximum Gasteiger partial charge on any atom is 0.125 e. The van der Waals surface area contributed by atoms with E-state index in [1.54, 1.807) is 0 Å². The van der Waals surface area contributed by atoms with E-state index in [1.807, 2.05) is 12.1 Å². The van der Waals surface area contributed by atoms with Crippen LogP contribution in [0.3, 0.4) is 0 Å². The van der Waals surface area contributed by atoms with Gasteiger partial charge in [-0.1, -0.05) is 24.3 Å². The Morgan fingerprint density at radius 1 is 1.28 bits per heavy atom. The molecule has 0 bridgehead atoms. The minimum Gasteiger partial charge on any atom is -0.371 e. The van der Waals surface area contributed by atoms with E-state index >= 15 is 0 Å². The minimum atomic E-state index is -0.0507. The van der Waals surface area contributed by atoms with Gasteiger partial charge in [0.25, 0.3) is 0 Å². The summed E-state index contributed by atoms with van der Waals surface area (Å²) in [4.78, 5) is 19.4. The zero-order valence-corrected chi connectivity index (χ0v) is 17.9. The number of aldehydes is 1. The molecule has 0 amide bonds. The molecule has 1 aliphatic rings. The lowest BCUT2D eigenvalue weighted by atomic mass is 10.1. The molecule has 1 atom stereocenters. The normalized spacial score (nSPS) is 15.1. The second kappa shape index (κ2) is 9.54. The van der Waals surface area contributed by atoms with Crippen molar-refractivity contribution in [3.63, 3.8) is 0 Å². The smallest absolute Gasteiger partial charge is 0.125 e. The van der Waals surface area contributed by atoms with Crippen LogP contribution in [0, 0.1) is 5.92 Å². The zero-order chi connectivity index (χ0) is 20.8. The molecule has 2 heterocycles. The van der Waals surface area contributed by atoms with Crippen LogP contribution in [-0.2, 0) is 4.79 Å². The zero-order valence-electron chi connectivity index (χ0n) is 17.9. The molecule has 156 valence electrons. The van der Waals surface area contributed by atoms with Crippen LogP contribution in [0.1, 0.15) is 20.3 Å². The van der Waals surface area contributed by atoms with Crippen LogP contribution in [0.5, 0.6) is 0 Å². The first-order valence-corrected chi connectivity index (χ1v) is 10.3. The molecule has 0 saturated heterocycles. The predicted octanol–water partition coefficient (Wildman–Crippen LogP) is 3.39. The molecular formula is C23H33N5O. The molecule has 1 unspecified atom stereocenters. The lowest BCUT2D eigenvalue weighted by Gasteiger charge is -2.34. The van der Waals surface area contributed by atoms with E-state index in [-0.39, 0.29) is 5.92 Å². The molecule has 0 radical (unpaired) electrons. The lowest BCUT2D eigenvalue weighted by molar-refractivity contribution is -0.110. The fourth-order valence-corrected chi connectivity index (χ4v) is 3.48. The number of allylic oxidation sites excluding steroid dienone is 1. The van der Waals surface area contributed by atoms with E-state index < -0.39 is 0 Å². The maximum absolute atomic E-state index is 11.6. The van der Waals surface area contributed by atoms with Crippen LogP contribution < -0.4 is 10.6 Å². The number of aromatic amines is 1. The van der Waals surface area contributed by atoms with E-state index in [4.69, 9.17) is 0 Å². The summed E-state index contributed by atoms with van der Waals surface area (Å²) in [6, 6.07) is 10.7. The van der Waals surface area contributed by atoms with Crippen molar-refractivity contribution < 1.29 is 4.79 Å². The van der Waals surface area contributed by atoms with E-state index in [1.165, 1.54) is 11.1 Å². The Kier molecular flexibility index (Phi) is 6.86. The summed E-state index contributed by atoms with van der Waals surface area (Å²) in [6.07, 6.45) is 6.18. The highest BCUT2D eigenvalue weighted by Crippen LogP contribution is 2.20. The summed E-state index contributed by atoms with van der Waals surface area (Å²) in [5.41, 5.74) is 2.29. The van der Waals surface area contributed by atoms with Crippen LogP contribution >= 0.6 is 0 Å². The number of carbonyl (C=O) groups is 1. The maximum atomic E-state index is 11.6. The van der Waals surface area contributed by atoms with Gasteiger partial charge in [-0.15, -0.1) is 0 Å². The molecule has 0 fully saturated rings. The molecule has 0 saturated carbocycles. The number of fused-ring (bicyclic) bond motifs is 1. The number of likely N-dealkylation sites (N-methyl/N-ethyl adjacent to an activating group) is 2. The molecule has 0 aliphatic carbocycles. The van der Waals surface area contributed by atoms with E-state index in [2.05, 4.69) is 83.7 Å². The molecule has 1 aromatic heterocycles. The summed E-state index contributed by atoms with van der Waals surface area (Å²) in [5, 5.41) is 8.10. The molecule has 1 aromatic carbocycles. The van der Waals surface area contributed by atoms with Gasteiger partial charge in [-0.05, 0) is 38.5 Å². The Morgan fingerprint density at radius 3 is 2.79 bits per heavy atom. The number of anilines is 1. The standard InChI is InChI=1S/C23H33N5O/c1-17(2)28(4)21-10-7-13-27(3)23(21)24-12-11-18(16-29)15-25-22-14-19-8-5-6-9-20(19)26-22/h5-10,14,16-18,24-26H,11-13,15H2,1-4H3. The second-order valence-electron chi connectivity index (χ2n) is 7.98. The van der Waals surface area contributed by atoms with Crippen LogP contribution in [0.4, 0.5) is 5.82 Å². The average molecular weight is 396 g/mol. The van der Waals surface area contributed by atoms with Crippen LogP contribution in [0.15, 0.2) is 54.0 Å². The number of hydrogen-bond acceptors (Lipinski definition) is 5. The van der Waals surface area contributed by atoms with E-state index in [9.17, 15) is 4.79 Å². The largest absolute Gasteiger partial charge is 0.371 e. The van der Waals surface area contributed by atoms with Gasteiger partial charge in [0, 0.05) is 56.6 Å². The van der Waals surface area contributed by atoms with Gasteiger partial charge in [-0.2, -0.15) is 0 Å². The summed E-state index contributed by atoms with van der Waals surface area (Å²) in [7, 11) is 4.21. The van der Waals surface area contributed by atoms with Crippen molar-refractivity contribution in [1.82, 2.24) is 20.1 Å². The van der Waals surface area contributed by atoms with Gasteiger partial charge >= 0.3 is 0 Å². The number of carbonyl (C=O) groups excluding carboxylic acids is 1. The number of nitrogens with one attached hydrogen (secondary N) is 3. The molecule has 3 N–H and O–H groups in total. The third-order valence-electron chi connectivity index (χ3n) is 5.52. The fourth-order valence-electron chi connectivity index (χ4n) is 3.48. The number of aromatic nitrogens is 1. The van der Waals surface area contributed by atoms with Crippen molar-refractivity contribution >= 4 is 23.0 Å². The topological polar surface area (TPSA) is 63.4 Å². The summed E-state index contributed by atoms with van der Waals surface area (Å²) < 4.78 is 0. The quantitative estimate of drug-likeness (QED) is 0.538. The SMILES string of the molecule is CC(C)N(C)C1=C(NCCC(C=O)CNc2cc3ccccc3[nH]2)N(C)CC=C1. The van der Waals surface area contributed by atoms with Gasteiger partial charge in [0.1, 0.15) is 17.9 Å². The molecule has 0 spiro atoms. The fraction of sp³-hybridized carbons (Fsp3) is 0.435. The predicted molar refractivity (Wildman–Crippen MR) is 121 cm³/mol. The molecular weight excluding hydrogens is 362 g/mol. The van der Waals surface area contributed by atoms with Crippen molar-refractivity contribution in [2.75, 3.05) is 39.0 Å². The molecule has 6 nitrogen and oxygen atoms in total. The molecule has 1 aliphatic heterocycles. The Labute approximate surface area is 173 Å². The van der Waals surface area contributed by atoms with Crippen molar-refractivity contribution in [3.8, 4) is 0 Å². The second-order valence-corrected chi connectivity index (χ2v) is 7.98. The third kappa shape index (κ3) is 5.13. The Balaban J connectivity index is 1.55. The van der Waals surface area contributed by atoms with Crippen molar-refractivity contribution in [3.05, 3.63) is 54.0 Å². The molecule has 29 heavy (non-hydrogen) atoms. The molecule has 3 rings (SSSR count). The lowest BCUT2D eigenvalue weighted by Crippen LogP contribution is -2.38. The number of rotatable bonds is 10. The highest BCUT2D eigenvalue weighted by Gasteiger charge is 2.18. The van der Waals surface area contributed by atoms with Gasteiger partial charge in [0.15, 0.2) is 0 Å². The Hall–Kier alpha value is -2.89. The first-order valence-electron chi connectivity index (χ1n) is 10.3. The summed E-state index contributed by atoms with van der Waals surface area (Å²) in [6.45, 7) is 6.62. The van der Waals surface area contributed by atoms with Gasteiger partial charge in [-0.3, -0.25) is 0 Å². The van der Waals surface area contributed by atoms with Gasteiger partial charge in [0.05, 0.1) is 5.70 Å². The molecule has 2 aromatic rings. The highest BCUT2D eigenvalue weighted by atomic mass is 16.1. The van der Waals surface area contributed by atoms with Gasteiger partial charge in [0.2, 0.25) is 0 Å². The summed E-state index contributed by atoms with van der Waals surface area (Å²) >= 11 is 0. The van der Waals surface area contributed by atoms with Crippen molar-refractivity contribution in [1.29, 1.82) is 0 Å². The van der Waals surface area contributed by atoms with Crippen LogP contribution in [-0.4, -0.2) is 60.8 Å². The van der Waals surface area contributed by atoms with E-state index in [0.717, 1.165) is 43.0 Å². The number of hydrogen-bond donors (Lipinski definition) is 3. The number of benzene rings is 1. The first-order chi connectivity index (χ1) is 14.0. The molecule has 6 heteroatoms. The Bertz CT molecular complexity index is 849. The summed E-state index contributed by atoms with van der Waals surface area (Å²) in [5.74, 6) is 2.02. The number of nitrogens with zero attached hydrogens (tertiary/aromatic N) is 2. The van der Waals surface area contributed by atoms with Crippen molar-refractivity contribution in [2.45, 2.75) is 26.3 Å². The highest BCUT2D eigenvalue weighted by molar-refractivity contribution is 5.83. The Morgan fingerprint density at radius 2 is 2.07 bits per heavy atom. The van der Waals surface area contributed by atoms with Crippen LogP contribution in [0.25, 0.3) is 10.9 Å². The number of para-hydroxylation sites is 1. The van der Waals surface area contributed by atoms with Gasteiger partial charge < -0.3 is 30.2 Å². The number of H-pyrrole nitrogens is 1. The average Bonchev–Trinajstić information content (AvgIpc) is 3.13. The third-order valence-corrected chi connectivity index (χ3v) is 5.52. The van der Waals surface area contributed by atoms with Gasteiger partial charge in [-0.25, -0.2) is 0 Å².